The van der Waals surface area contributed by atoms with Crippen molar-refractivity contribution in [3.8, 4) is 11.4 Å². The number of carbonyl (C=O) groups is 1. The Morgan fingerprint density at radius 2 is 2.13 bits per heavy atom. The Hall–Kier alpha value is -2.02. The number of ether oxygens (including phenoxy) is 1. The molecule has 0 spiro atoms. The van der Waals surface area contributed by atoms with Crippen LogP contribution in [-0.2, 0) is 16.1 Å². The van der Waals surface area contributed by atoms with Crippen LogP contribution in [0.4, 0.5) is 4.39 Å². The number of unbranched alkanes of at least 4 members (excludes halogenated alkanes) is 1. The molecule has 0 atom stereocenters. The van der Waals surface area contributed by atoms with Crippen molar-refractivity contribution >= 4 is 21.9 Å². The van der Waals surface area contributed by atoms with Crippen LogP contribution in [0.5, 0.6) is 0 Å². The predicted molar refractivity (Wildman–Crippen MR) is 87.5 cm³/mol. The van der Waals surface area contributed by atoms with Crippen LogP contribution in [0.15, 0.2) is 39.7 Å². The first-order chi connectivity index (χ1) is 11.0. The molecule has 0 aliphatic rings. The number of hydrogen-bond acceptors (Lipinski definition) is 4. The molecular weight excluding hydrogens is 367 g/mol. The maximum atomic E-state index is 14.0. The number of aromatic nitrogens is 2. The number of halogens is 2. The second-order valence-electron chi connectivity index (χ2n) is 4.87. The van der Waals surface area contributed by atoms with Crippen molar-refractivity contribution < 1.29 is 13.9 Å². The monoisotopic (exact) mass is 382 g/mol. The molecule has 2 rings (SSSR count). The Kier molecular flexibility index (Phi) is 6.04. The topological polar surface area (TPSA) is 61.2 Å². The SMILES string of the molecule is CCCCOC(=O)Cn1c(-c2ccccc2F)ncc(Br)c1=O. The molecule has 0 saturated carbocycles. The molecule has 122 valence electrons. The third-order valence-corrected chi connectivity index (χ3v) is 3.71. The first-order valence-corrected chi connectivity index (χ1v) is 7.99. The fraction of sp³-hybridized carbons (Fsp3) is 0.312. The van der Waals surface area contributed by atoms with E-state index in [0.29, 0.717) is 6.61 Å². The molecule has 0 amide bonds. The Balaban J connectivity index is 2.38. The number of nitrogens with zero attached hydrogens (tertiary/aromatic N) is 2. The zero-order valence-electron chi connectivity index (χ0n) is 12.6. The molecule has 0 saturated heterocycles. The zero-order valence-corrected chi connectivity index (χ0v) is 14.2. The largest absolute Gasteiger partial charge is 0.464 e. The fourth-order valence-corrected chi connectivity index (χ4v) is 2.29. The summed E-state index contributed by atoms with van der Waals surface area (Å²) in [6.07, 6.45) is 2.94. The van der Waals surface area contributed by atoms with E-state index < -0.39 is 17.3 Å². The zero-order chi connectivity index (χ0) is 16.8. The van der Waals surface area contributed by atoms with Gasteiger partial charge < -0.3 is 4.74 Å². The first kappa shape index (κ1) is 17.3. The van der Waals surface area contributed by atoms with Gasteiger partial charge in [-0.25, -0.2) is 9.37 Å². The van der Waals surface area contributed by atoms with Gasteiger partial charge in [-0.05, 0) is 34.5 Å². The maximum Gasteiger partial charge on any atom is 0.326 e. The van der Waals surface area contributed by atoms with Gasteiger partial charge in [0.2, 0.25) is 0 Å². The van der Waals surface area contributed by atoms with E-state index in [2.05, 4.69) is 20.9 Å². The molecule has 1 heterocycles. The highest BCUT2D eigenvalue weighted by atomic mass is 79.9. The van der Waals surface area contributed by atoms with Gasteiger partial charge in [-0.1, -0.05) is 25.5 Å². The highest BCUT2D eigenvalue weighted by Gasteiger charge is 2.17. The number of rotatable bonds is 6. The lowest BCUT2D eigenvalue weighted by atomic mass is 10.2. The second kappa shape index (κ2) is 8.01. The lowest BCUT2D eigenvalue weighted by Gasteiger charge is -2.12. The normalized spacial score (nSPS) is 10.6. The van der Waals surface area contributed by atoms with Crippen LogP contribution < -0.4 is 5.56 Å². The van der Waals surface area contributed by atoms with Crippen molar-refractivity contribution in [1.82, 2.24) is 9.55 Å². The van der Waals surface area contributed by atoms with Gasteiger partial charge in [0.1, 0.15) is 22.7 Å². The molecule has 0 unspecified atom stereocenters. The van der Waals surface area contributed by atoms with E-state index in [9.17, 15) is 14.0 Å². The molecule has 7 heteroatoms. The van der Waals surface area contributed by atoms with Crippen LogP contribution in [0, 0.1) is 5.82 Å². The number of esters is 1. The standard InChI is InChI=1S/C16H16BrFN2O3/c1-2-3-8-23-14(21)10-20-15(19-9-12(17)16(20)22)11-6-4-5-7-13(11)18/h4-7,9H,2-3,8,10H2,1H3. The maximum absolute atomic E-state index is 14.0. The van der Waals surface area contributed by atoms with Crippen LogP contribution in [0.2, 0.25) is 0 Å². The quantitative estimate of drug-likeness (QED) is 0.568. The summed E-state index contributed by atoms with van der Waals surface area (Å²) in [7, 11) is 0. The third kappa shape index (κ3) is 4.25. The molecule has 0 fully saturated rings. The van der Waals surface area contributed by atoms with Crippen molar-refractivity contribution in [2.75, 3.05) is 6.61 Å². The van der Waals surface area contributed by atoms with Gasteiger partial charge >= 0.3 is 5.97 Å². The molecule has 1 aromatic heterocycles. The van der Waals surface area contributed by atoms with Crippen LogP contribution >= 0.6 is 15.9 Å². The molecule has 0 aliphatic heterocycles. The van der Waals surface area contributed by atoms with E-state index in [1.807, 2.05) is 6.92 Å². The lowest BCUT2D eigenvalue weighted by molar-refractivity contribution is -0.144. The van der Waals surface area contributed by atoms with E-state index in [4.69, 9.17) is 4.74 Å². The van der Waals surface area contributed by atoms with Gasteiger partial charge in [-0.15, -0.1) is 0 Å². The van der Waals surface area contributed by atoms with Crippen LogP contribution in [0.3, 0.4) is 0 Å². The van der Waals surface area contributed by atoms with E-state index in [0.717, 1.165) is 17.4 Å². The number of benzene rings is 1. The third-order valence-electron chi connectivity index (χ3n) is 3.17. The van der Waals surface area contributed by atoms with Crippen molar-refractivity contribution in [2.24, 2.45) is 0 Å². The molecule has 1 aromatic carbocycles. The Morgan fingerprint density at radius 1 is 1.39 bits per heavy atom. The lowest BCUT2D eigenvalue weighted by Crippen LogP contribution is -2.28. The Labute approximate surface area is 141 Å². The summed E-state index contributed by atoms with van der Waals surface area (Å²) in [6, 6.07) is 5.95. The summed E-state index contributed by atoms with van der Waals surface area (Å²) < 4.78 is 20.4. The average molecular weight is 383 g/mol. The van der Waals surface area contributed by atoms with Crippen molar-refractivity contribution in [3.05, 3.63) is 51.1 Å². The van der Waals surface area contributed by atoms with E-state index >= 15 is 0 Å². The van der Waals surface area contributed by atoms with E-state index in [1.165, 1.54) is 18.3 Å². The molecular formula is C16H16BrFN2O3. The van der Waals surface area contributed by atoms with E-state index in [1.54, 1.807) is 12.1 Å². The van der Waals surface area contributed by atoms with Crippen molar-refractivity contribution in [2.45, 2.75) is 26.3 Å². The van der Waals surface area contributed by atoms with E-state index in [-0.39, 0.29) is 22.4 Å². The Morgan fingerprint density at radius 3 is 2.83 bits per heavy atom. The Bertz CT molecular complexity index is 761. The summed E-state index contributed by atoms with van der Waals surface area (Å²) in [6.45, 7) is 1.95. The van der Waals surface area contributed by atoms with Gasteiger partial charge in [-0.3, -0.25) is 14.2 Å². The van der Waals surface area contributed by atoms with Gasteiger partial charge in [0, 0.05) is 6.20 Å². The molecule has 0 bridgehead atoms. The highest BCUT2D eigenvalue weighted by molar-refractivity contribution is 9.10. The fourth-order valence-electron chi connectivity index (χ4n) is 1.98. The van der Waals surface area contributed by atoms with Gasteiger partial charge in [0.05, 0.1) is 12.2 Å². The minimum absolute atomic E-state index is 0.0868. The summed E-state index contributed by atoms with van der Waals surface area (Å²) >= 11 is 3.08. The summed E-state index contributed by atoms with van der Waals surface area (Å²) in [5.41, 5.74) is -0.316. The minimum Gasteiger partial charge on any atom is -0.464 e. The number of hydrogen-bond donors (Lipinski definition) is 0. The van der Waals surface area contributed by atoms with Gasteiger partial charge in [0.25, 0.3) is 5.56 Å². The molecule has 0 radical (unpaired) electrons. The molecule has 0 N–H and O–H groups in total. The average Bonchev–Trinajstić information content (AvgIpc) is 2.53. The highest BCUT2D eigenvalue weighted by Crippen LogP contribution is 2.20. The predicted octanol–water partition coefficient (Wildman–Crippen LogP) is 3.16. The number of carbonyl (C=O) groups excluding carboxylic acids is 1. The first-order valence-electron chi connectivity index (χ1n) is 7.20. The van der Waals surface area contributed by atoms with Crippen LogP contribution in [0.25, 0.3) is 11.4 Å². The summed E-state index contributed by atoms with van der Waals surface area (Å²) in [4.78, 5) is 28.3. The molecule has 23 heavy (non-hydrogen) atoms. The van der Waals surface area contributed by atoms with Crippen molar-refractivity contribution in [1.29, 1.82) is 0 Å². The minimum atomic E-state index is -0.557. The molecule has 5 nitrogen and oxygen atoms in total. The van der Waals surface area contributed by atoms with Crippen LogP contribution in [0.1, 0.15) is 19.8 Å². The second-order valence-corrected chi connectivity index (χ2v) is 5.73. The van der Waals surface area contributed by atoms with Gasteiger partial charge in [-0.2, -0.15) is 0 Å². The summed E-state index contributed by atoms with van der Waals surface area (Å²) in [5.74, 6) is -0.989. The van der Waals surface area contributed by atoms with Crippen molar-refractivity contribution in [3.63, 3.8) is 0 Å². The smallest absolute Gasteiger partial charge is 0.326 e. The molecule has 0 aliphatic carbocycles. The van der Waals surface area contributed by atoms with Gasteiger partial charge in [0.15, 0.2) is 0 Å². The summed E-state index contributed by atoms with van der Waals surface area (Å²) in [5, 5.41) is 0. The molecule has 2 aromatic rings. The van der Waals surface area contributed by atoms with Crippen LogP contribution in [-0.4, -0.2) is 22.1 Å².